The Morgan fingerprint density at radius 1 is 1.07 bits per heavy atom. The Morgan fingerprint density at radius 3 is 2.55 bits per heavy atom. The minimum atomic E-state index is -0.993. The van der Waals surface area contributed by atoms with Crippen LogP contribution in [0, 0.1) is 17.6 Å². The first-order valence-corrected chi connectivity index (χ1v) is 10.4. The van der Waals surface area contributed by atoms with Crippen molar-refractivity contribution in [2.75, 3.05) is 0 Å². The topological polar surface area (TPSA) is 55.7 Å². The third-order valence-corrected chi connectivity index (χ3v) is 6.23. The minimum absolute atomic E-state index is 0.0762. The summed E-state index contributed by atoms with van der Waals surface area (Å²) in [4.78, 5) is 30.5. The number of rotatable bonds is 3. The molecule has 4 nitrogen and oxygen atoms in total. The molecule has 1 unspecified atom stereocenters. The number of esters is 1. The Morgan fingerprint density at radius 2 is 1.83 bits per heavy atom. The van der Waals surface area contributed by atoms with E-state index >= 15 is 0 Å². The van der Waals surface area contributed by atoms with Crippen molar-refractivity contribution in [1.82, 2.24) is 0 Å². The van der Waals surface area contributed by atoms with Gasteiger partial charge in [-0.05, 0) is 63.1 Å². The summed E-state index contributed by atoms with van der Waals surface area (Å²) in [6.45, 7) is 1.75. The molecule has 154 valence electrons. The lowest BCUT2D eigenvalue weighted by atomic mass is 9.71. The van der Waals surface area contributed by atoms with Crippen LogP contribution in [0.2, 0.25) is 0 Å². The predicted molar refractivity (Wildman–Crippen MR) is 105 cm³/mol. The molecule has 0 N–H and O–H groups in total. The summed E-state index contributed by atoms with van der Waals surface area (Å²) in [5, 5.41) is 0. The molecule has 1 heterocycles. The van der Waals surface area contributed by atoms with Crippen molar-refractivity contribution < 1.29 is 23.1 Å². The van der Waals surface area contributed by atoms with Gasteiger partial charge in [0.1, 0.15) is 12.0 Å². The van der Waals surface area contributed by atoms with E-state index in [9.17, 15) is 18.4 Å². The molecule has 0 bridgehead atoms. The highest BCUT2D eigenvalue weighted by molar-refractivity contribution is 6.08. The van der Waals surface area contributed by atoms with E-state index in [0.29, 0.717) is 41.8 Å². The van der Waals surface area contributed by atoms with E-state index in [0.717, 1.165) is 44.2 Å². The standard InChI is InChI=1S/C23H25F2NO3/c1-13-20(23(28)29-15-6-3-2-4-7-15)21(14-10-11-16(24)17(25)12-14)22-18(26-13)8-5-9-19(22)27/h10-12,15,20-21H,2-9H2,1H3/t20?,21-/m1/s1. The number of ketones is 1. The number of aliphatic imine (C=N–C) groups is 1. The Balaban J connectivity index is 1.74. The summed E-state index contributed by atoms with van der Waals surface area (Å²) in [7, 11) is 0. The van der Waals surface area contributed by atoms with Crippen LogP contribution in [-0.4, -0.2) is 23.6 Å². The molecular formula is C23H25F2NO3. The van der Waals surface area contributed by atoms with Crippen LogP contribution in [0.4, 0.5) is 8.78 Å². The molecule has 0 saturated heterocycles. The van der Waals surface area contributed by atoms with Crippen LogP contribution in [0.25, 0.3) is 0 Å². The Labute approximate surface area is 169 Å². The monoisotopic (exact) mass is 401 g/mol. The number of Topliss-reactive ketones (excluding diaryl/α,β-unsaturated/α-hetero) is 1. The number of benzene rings is 1. The fourth-order valence-electron chi connectivity index (χ4n) is 4.80. The van der Waals surface area contributed by atoms with Gasteiger partial charge in [-0.3, -0.25) is 14.6 Å². The SMILES string of the molecule is CC1=NC2=C(C(=O)CCC2)[C@H](c2ccc(F)c(F)c2)C1C(=O)OC1CCCCC1. The maximum Gasteiger partial charge on any atom is 0.315 e. The molecular weight excluding hydrogens is 376 g/mol. The molecule has 1 fully saturated rings. The summed E-state index contributed by atoms with van der Waals surface area (Å²) in [5.41, 5.74) is 2.09. The number of hydrogen-bond donors (Lipinski definition) is 0. The summed E-state index contributed by atoms with van der Waals surface area (Å²) in [6, 6.07) is 3.59. The molecule has 1 aromatic rings. The second-order valence-electron chi connectivity index (χ2n) is 8.22. The van der Waals surface area contributed by atoms with Gasteiger partial charge in [-0.2, -0.15) is 0 Å². The summed E-state index contributed by atoms with van der Waals surface area (Å²) in [5.74, 6) is -3.96. The van der Waals surface area contributed by atoms with Crippen molar-refractivity contribution in [3.8, 4) is 0 Å². The van der Waals surface area contributed by atoms with Crippen molar-refractivity contribution in [2.45, 2.75) is 70.3 Å². The van der Waals surface area contributed by atoms with Gasteiger partial charge in [-0.25, -0.2) is 8.78 Å². The molecule has 29 heavy (non-hydrogen) atoms. The van der Waals surface area contributed by atoms with Crippen LogP contribution in [-0.2, 0) is 14.3 Å². The number of nitrogens with zero attached hydrogens (tertiary/aromatic N) is 1. The molecule has 0 amide bonds. The van der Waals surface area contributed by atoms with Gasteiger partial charge in [-0.1, -0.05) is 12.5 Å². The molecule has 1 aromatic carbocycles. The average molecular weight is 401 g/mol. The highest BCUT2D eigenvalue weighted by Gasteiger charge is 2.44. The average Bonchev–Trinajstić information content (AvgIpc) is 2.70. The molecule has 0 radical (unpaired) electrons. The van der Waals surface area contributed by atoms with E-state index in [1.54, 1.807) is 6.92 Å². The smallest absolute Gasteiger partial charge is 0.315 e. The molecule has 0 spiro atoms. The number of halogens is 2. The van der Waals surface area contributed by atoms with Crippen molar-refractivity contribution >= 4 is 17.5 Å². The van der Waals surface area contributed by atoms with E-state index in [1.165, 1.54) is 6.07 Å². The van der Waals surface area contributed by atoms with E-state index in [2.05, 4.69) is 4.99 Å². The predicted octanol–water partition coefficient (Wildman–Crippen LogP) is 5.02. The Bertz CT molecular complexity index is 899. The van der Waals surface area contributed by atoms with E-state index in [4.69, 9.17) is 4.74 Å². The van der Waals surface area contributed by atoms with Crippen molar-refractivity contribution in [2.24, 2.45) is 10.9 Å². The second kappa shape index (κ2) is 8.17. The second-order valence-corrected chi connectivity index (χ2v) is 8.22. The molecule has 1 saturated carbocycles. The lowest BCUT2D eigenvalue weighted by Crippen LogP contribution is -2.39. The van der Waals surface area contributed by atoms with E-state index in [1.807, 2.05) is 0 Å². The van der Waals surface area contributed by atoms with E-state index < -0.39 is 29.4 Å². The number of hydrogen-bond acceptors (Lipinski definition) is 4. The van der Waals surface area contributed by atoms with Crippen LogP contribution in [0.1, 0.15) is 69.8 Å². The van der Waals surface area contributed by atoms with Crippen LogP contribution >= 0.6 is 0 Å². The molecule has 4 rings (SSSR count). The lowest BCUT2D eigenvalue weighted by Gasteiger charge is -2.35. The number of ether oxygens (including phenoxy) is 1. The van der Waals surface area contributed by atoms with Gasteiger partial charge in [0.15, 0.2) is 17.4 Å². The number of allylic oxidation sites excluding steroid dienone is 2. The quantitative estimate of drug-likeness (QED) is 0.668. The number of carbonyl (C=O) groups excluding carboxylic acids is 2. The maximum atomic E-state index is 14.0. The summed E-state index contributed by atoms with van der Waals surface area (Å²) >= 11 is 0. The first-order valence-electron chi connectivity index (χ1n) is 10.4. The Hall–Kier alpha value is -2.37. The molecule has 1 aliphatic heterocycles. The summed E-state index contributed by atoms with van der Waals surface area (Å²) < 4.78 is 33.4. The van der Waals surface area contributed by atoms with Gasteiger partial charge >= 0.3 is 5.97 Å². The minimum Gasteiger partial charge on any atom is -0.462 e. The first-order chi connectivity index (χ1) is 14.0. The van der Waals surface area contributed by atoms with Gasteiger partial charge in [0, 0.05) is 29.3 Å². The van der Waals surface area contributed by atoms with E-state index in [-0.39, 0.29) is 11.9 Å². The van der Waals surface area contributed by atoms with Crippen molar-refractivity contribution in [3.63, 3.8) is 0 Å². The first kappa shape index (κ1) is 19.9. The van der Waals surface area contributed by atoms with Crippen LogP contribution in [0.5, 0.6) is 0 Å². The zero-order chi connectivity index (χ0) is 20.5. The highest BCUT2D eigenvalue weighted by atomic mass is 19.2. The lowest BCUT2D eigenvalue weighted by molar-refractivity contribution is -0.153. The van der Waals surface area contributed by atoms with Gasteiger partial charge in [0.2, 0.25) is 0 Å². The third-order valence-electron chi connectivity index (χ3n) is 6.23. The highest BCUT2D eigenvalue weighted by Crippen LogP contribution is 2.44. The van der Waals surface area contributed by atoms with Gasteiger partial charge < -0.3 is 4.74 Å². The molecule has 3 aliphatic rings. The molecule has 6 heteroatoms. The zero-order valence-electron chi connectivity index (χ0n) is 16.5. The van der Waals surface area contributed by atoms with Crippen LogP contribution in [0.15, 0.2) is 34.5 Å². The summed E-state index contributed by atoms with van der Waals surface area (Å²) in [6.07, 6.45) is 6.44. The maximum absolute atomic E-state index is 14.0. The van der Waals surface area contributed by atoms with Gasteiger partial charge in [-0.15, -0.1) is 0 Å². The fourth-order valence-corrected chi connectivity index (χ4v) is 4.80. The largest absolute Gasteiger partial charge is 0.462 e. The van der Waals surface area contributed by atoms with Crippen LogP contribution < -0.4 is 0 Å². The third kappa shape index (κ3) is 3.89. The molecule has 2 atom stereocenters. The Kier molecular flexibility index (Phi) is 5.61. The van der Waals surface area contributed by atoms with Crippen molar-refractivity contribution in [1.29, 1.82) is 0 Å². The molecule has 2 aliphatic carbocycles. The van der Waals surface area contributed by atoms with Crippen molar-refractivity contribution in [3.05, 3.63) is 46.7 Å². The van der Waals surface area contributed by atoms with Crippen LogP contribution in [0.3, 0.4) is 0 Å². The van der Waals surface area contributed by atoms with Gasteiger partial charge in [0.05, 0.1) is 0 Å². The fraction of sp³-hybridized carbons (Fsp3) is 0.522. The van der Waals surface area contributed by atoms with Gasteiger partial charge in [0.25, 0.3) is 0 Å². The molecule has 0 aromatic heterocycles. The zero-order valence-corrected chi connectivity index (χ0v) is 16.5. The number of carbonyl (C=O) groups is 2. The normalized spacial score (nSPS) is 25.5.